The van der Waals surface area contributed by atoms with Crippen molar-refractivity contribution >= 4 is 17.2 Å². The molecule has 6 nitrogen and oxygen atoms in total. The quantitative estimate of drug-likeness (QED) is 0.801. The van der Waals surface area contributed by atoms with Gasteiger partial charge in [0.05, 0.1) is 5.69 Å². The molecule has 0 radical (unpaired) electrons. The zero-order valence-corrected chi connectivity index (χ0v) is 14.4. The summed E-state index contributed by atoms with van der Waals surface area (Å²) in [4.78, 5) is 12.3. The van der Waals surface area contributed by atoms with E-state index in [4.69, 9.17) is 0 Å². The Morgan fingerprint density at radius 2 is 1.96 bits per heavy atom. The molecule has 0 bridgehead atoms. The summed E-state index contributed by atoms with van der Waals surface area (Å²) in [6, 6.07) is 5.92. The molecule has 3 rings (SSSR count). The summed E-state index contributed by atoms with van der Waals surface area (Å²) in [7, 11) is 0. The lowest BCUT2D eigenvalue weighted by Gasteiger charge is -2.12. The number of benzene rings is 1. The van der Waals surface area contributed by atoms with E-state index >= 15 is 0 Å². The Bertz CT molecular complexity index is 913. The van der Waals surface area contributed by atoms with E-state index in [0.717, 1.165) is 33.7 Å². The van der Waals surface area contributed by atoms with Gasteiger partial charge in [0, 0.05) is 17.7 Å². The molecular formula is C18H21N5O. The predicted octanol–water partition coefficient (Wildman–Crippen LogP) is 2.93. The lowest BCUT2D eigenvalue weighted by atomic mass is 10.0. The zero-order chi connectivity index (χ0) is 17.3. The van der Waals surface area contributed by atoms with Crippen molar-refractivity contribution in [3.05, 3.63) is 52.5 Å². The number of hydrogen-bond donors (Lipinski definition) is 1. The summed E-state index contributed by atoms with van der Waals surface area (Å²) >= 11 is 0. The number of hydrogen-bond acceptors (Lipinski definition) is 4. The van der Waals surface area contributed by atoms with Crippen LogP contribution in [0.3, 0.4) is 0 Å². The number of rotatable bonds is 4. The van der Waals surface area contributed by atoms with E-state index in [0.29, 0.717) is 12.8 Å². The van der Waals surface area contributed by atoms with Gasteiger partial charge in [-0.05, 0) is 56.9 Å². The summed E-state index contributed by atoms with van der Waals surface area (Å²) in [5.41, 5.74) is 6.88. The third-order valence-corrected chi connectivity index (χ3v) is 4.49. The van der Waals surface area contributed by atoms with Crippen LogP contribution in [0.5, 0.6) is 0 Å². The topological polar surface area (TPSA) is 72.2 Å². The highest BCUT2D eigenvalue weighted by Crippen LogP contribution is 2.20. The molecule has 0 atom stereocenters. The van der Waals surface area contributed by atoms with Crippen molar-refractivity contribution in [2.24, 2.45) is 0 Å². The molecule has 0 aliphatic carbocycles. The Morgan fingerprint density at radius 1 is 1.17 bits per heavy atom. The van der Waals surface area contributed by atoms with Gasteiger partial charge in [0.1, 0.15) is 6.33 Å². The van der Waals surface area contributed by atoms with Crippen molar-refractivity contribution in [2.45, 2.75) is 40.5 Å². The number of carbonyl (C=O) groups excluding carboxylic acids is 1. The van der Waals surface area contributed by atoms with Crippen molar-refractivity contribution in [3.8, 4) is 0 Å². The molecule has 2 aromatic heterocycles. The van der Waals surface area contributed by atoms with Gasteiger partial charge in [0.25, 0.3) is 0 Å². The molecule has 6 heteroatoms. The standard InChI is InChI=1S/C18H21N5O/c1-11-6-5-7-16(12(11)2)20-17(24)9-8-15-13(3)18-21-19-10-23(18)22-14(15)4/h5-7,10H,8-9H2,1-4H3,(H,20,24). The number of anilines is 1. The number of carbonyl (C=O) groups is 1. The molecule has 124 valence electrons. The molecule has 0 aliphatic rings. The Labute approximate surface area is 140 Å². The monoisotopic (exact) mass is 323 g/mol. The molecule has 1 N–H and O–H groups in total. The molecule has 3 aromatic rings. The van der Waals surface area contributed by atoms with Gasteiger partial charge in [0.2, 0.25) is 5.91 Å². The summed E-state index contributed by atoms with van der Waals surface area (Å²) in [6.07, 6.45) is 2.62. The van der Waals surface area contributed by atoms with Crippen LogP contribution in [0.4, 0.5) is 5.69 Å². The average Bonchev–Trinajstić information content (AvgIpc) is 3.00. The molecule has 0 saturated carbocycles. The van der Waals surface area contributed by atoms with Gasteiger partial charge >= 0.3 is 0 Å². The second-order valence-electron chi connectivity index (χ2n) is 6.08. The van der Waals surface area contributed by atoms with Crippen LogP contribution in [0.2, 0.25) is 0 Å². The van der Waals surface area contributed by atoms with Gasteiger partial charge in [-0.25, -0.2) is 4.52 Å². The van der Waals surface area contributed by atoms with Crippen molar-refractivity contribution in [1.29, 1.82) is 0 Å². The van der Waals surface area contributed by atoms with Gasteiger partial charge in [-0.15, -0.1) is 10.2 Å². The molecule has 2 heterocycles. The van der Waals surface area contributed by atoms with Crippen LogP contribution >= 0.6 is 0 Å². The SMILES string of the molecule is Cc1cccc(NC(=O)CCc2c(C)nn3cnnc3c2C)c1C. The van der Waals surface area contributed by atoms with Gasteiger partial charge in [-0.1, -0.05) is 12.1 Å². The van der Waals surface area contributed by atoms with Gasteiger partial charge < -0.3 is 5.32 Å². The molecule has 0 fully saturated rings. The van der Waals surface area contributed by atoms with E-state index in [2.05, 4.69) is 20.6 Å². The number of aromatic nitrogens is 4. The highest BCUT2D eigenvalue weighted by Gasteiger charge is 2.13. The smallest absolute Gasteiger partial charge is 0.224 e. The number of aryl methyl sites for hydroxylation is 3. The maximum Gasteiger partial charge on any atom is 0.224 e. The Balaban J connectivity index is 1.74. The summed E-state index contributed by atoms with van der Waals surface area (Å²) < 4.78 is 1.67. The van der Waals surface area contributed by atoms with Gasteiger partial charge in [0.15, 0.2) is 5.65 Å². The fraction of sp³-hybridized carbons (Fsp3) is 0.333. The number of amides is 1. The van der Waals surface area contributed by atoms with Crippen molar-refractivity contribution in [2.75, 3.05) is 5.32 Å². The molecular weight excluding hydrogens is 302 g/mol. The summed E-state index contributed by atoms with van der Waals surface area (Å²) in [5, 5.41) is 15.4. The largest absolute Gasteiger partial charge is 0.326 e. The third kappa shape index (κ3) is 2.99. The Morgan fingerprint density at radius 3 is 2.75 bits per heavy atom. The second-order valence-corrected chi connectivity index (χ2v) is 6.08. The van der Waals surface area contributed by atoms with Crippen molar-refractivity contribution in [1.82, 2.24) is 19.8 Å². The van der Waals surface area contributed by atoms with Crippen LogP contribution < -0.4 is 5.32 Å². The highest BCUT2D eigenvalue weighted by atomic mass is 16.1. The van der Waals surface area contributed by atoms with E-state index in [1.54, 1.807) is 10.8 Å². The Kier molecular flexibility index (Phi) is 4.29. The van der Waals surface area contributed by atoms with Crippen LogP contribution in [-0.4, -0.2) is 25.7 Å². The first kappa shape index (κ1) is 16.1. The minimum Gasteiger partial charge on any atom is -0.326 e. The van der Waals surface area contributed by atoms with Crippen LogP contribution in [0.15, 0.2) is 24.5 Å². The van der Waals surface area contributed by atoms with Crippen LogP contribution in [0.1, 0.15) is 34.4 Å². The first-order chi connectivity index (χ1) is 11.5. The van der Waals surface area contributed by atoms with Crippen molar-refractivity contribution < 1.29 is 4.79 Å². The number of nitrogens with one attached hydrogen (secondary N) is 1. The molecule has 1 amide bonds. The highest BCUT2D eigenvalue weighted by molar-refractivity contribution is 5.91. The first-order valence-electron chi connectivity index (χ1n) is 7.99. The van der Waals surface area contributed by atoms with E-state index in [1.165, 1.54) is 5.56 Å². The van der Waals surface area contributed by atoms with Crippen LogP contribution in [0.25, 0.3) is 5.65 Å². The van der Waals surface area contributed by atoms with Crippen LogP contribution in [0, 0.1) is 27.7 Å². The fourth-order valence-corrected chi connectivity index (χ4v) is 2.88. The fourth-order valence-electron chi connectivity index (χ4n) is 2.88. The summed E-state index contributed by atoms with van der Waals surface area (Å²) in [5.74, 6) is 0.00356. The maximum absolute atomic E-state index is 12.3. The van der Waals surface area contributed by atoms with Crippen molar-refractivity contribution in [3.63, 3.8) is 0 Å². The van der Waals surface area contributed by atoms with Crippen LogP contribution in [-0.2, 0) is 11.2 Å². The predicted molar refractivity (Wildman–Crippen MR) is 93.1 cm³/mol. The van der Waals surface area contributed by atoms with Gasteiger partial charge in [-0.3, -0.25) is 4.79 Å². The molecule has 0 unspecified atom stereocenters. The van der Waals surface area contributed by atoms with E-state index < -0.39 is 0 Å². The molecule has 0 saturated heterocycles. The third-order valence-electron chi connectivity index (χ3n) is 4.49. The number of fused-ring (bicyclic) bond motifs is 1. The normalized spacial score (nSPS) is 11.0. The molecule has 1 aromatic carbocycles. The van der Waals surface area contributed by atoms with E-state index in [9.17, 15) is 4.79 Å². The maximum atomic E-state index is 12.3. The summed E-state index contributed by atoms with van der Waals surface area (Å²) in [6.45, 7) is 8.00. The molecule has 0 spiro atoms. The molecule has 24 heavy (non-hydrogen) atoms. The van der Waals surface area contributed by atoms with Gasteiger partial charge in [-0.2, -0.15) is 5.10 Å². The number of nitrogens with zero attached hydrogens (tertiary/aromatic N) is 4. The Hall–Kier alpha value is -2.76. The first-order valence-corrected chi connectivity index (χ1v) is 7.99. The average molecular weight is 323 g/mol. The minimum absolute atomic E-state index is 0.00356. The minimum atomic E-state index is 0.00356. The zero-order valence-electron chi connectivity index (χ0n) is 14.4. The van der Waals surface area contributed by atoms with E-state index in [1.807, 2.05) is 45.9 Å². The lowest BCUT2D eigenvalue weighted by Crippen LogP contribution is -2.14. The molecule has 0 aliphatic heterocycles. The van der Waals surface area contributed by atoms with E-state index in [-0.39, 0.29) is 5.91 Å². The second kappa shape index (κ2) is 6.39. The lowest BCUT2D eigenvalue weighted by molar-refractivity contribution is -0.116.